The van der Waals surface area contributed by atoms with Gasteiger partial charge in [0, 0.05) is 5.39 Å². The Morgan fingerprint density at radius 1 is 1.20 bits per heavy atom. The van der Waals surface area contributed by atoms with E-state index in [1.165, 1.54) is 17.6 Å². The summed E-state index contributed by atoms with van der Waals surface area (Å²) in [5.41, 5.74) is 7.67. The second kappa shape index (κ2) is 4.69. The van der Waals surface area contributed by atoms with E-state index in [-0.39, 0.29) is 10.0 Å². The van der Waals surface area contributed by atoms with Gasteiger partial charge in [-0.25, -0.2) is 13.4 Å². The van der Waals surface area contributed by atoms with Crippen molar-refractivity contribution in [3.8, 4) is 0 Å². The van der Waals surface area contributed by atoms with Crippen LogP contribution in [-0.4, -0.2) is 23.6 Å². The van der Waals surface area contributed by atoms with E-state index < -0.39 is 10.0 Å². The van der Waals surface area contributed by atoms with Crippen LogP contribution in [0.4, 0.5) is 10.9 Å². The Morgan fingerprint density at radius 3 is 2.80 bits per heavy atom. The summed E-state index contributed by atoms with van der Waals surface area (Å²) in [5.74, 6) is 0.389. The molecular weight excluding hydrogens is 298 g/mol. The van der Waals surface area contributed by atoms with Crippen molar-refractivity contribution >= 4 is 43.2 Å². The van der Waals surface area contributed by atoms with E-state index in [1.807, 2.05) is 0 Å². The predicted molar refractivity (Wildman–Crippen MR) is 76.9 cm³/mol. The third-order valence-electron chi connectivity index (χ3n) is 2.57. The third kappa shape index (κ3) is 2.40. The number of aromatic nitrogens is 3. The minimum absolute atomic E-state index is 0.131. The van der Waals surface area contributed by atoms with Gasteiger partial charge in [-0.15, -0.1) is 10.2 Å². The molecule has 0 saturated heterocycles. The lowest BCUT2D eigenvalue weighted by atomic mass is 10.2. The first kappa shape index (κ1) is 12.8. The SMILES string of the molecule is Nc1ccc2cc(S(=O)(=O)Nc3nncs3)ccc2n1. The van der Waals surface area contributed by atoms with Crippen molar-refractivity contribution in [3.63, 3.8) is 0 Å². The standard InChI is InChI=1S/C11H9N5O2S2/c12-10-4-1-7-5-8(2-3-9(7)14-10)20(17,18)16-11-15-13-6-19-11/h1-6H,(H2,12,14)(H,15,16). The number of sulfonamides is 1. The molecule has 0 saturated carbocycles. The van der Waals surface area contributed by atoms with Gasteiger partial charge in [0.25, 0.3) is 10.0 Å². The number of fused-ring (bicyclic) bond motifs is 1. The molecule has 0 aliphatic carbocycles. The first-order chi connectivity index (χ1) is 9.54. The maximum absolute atomic E-state index is 12.2. The van der Waals surface area contributed by atoms with Gasteiger partial charge in [0.05, 0.1) is 10.4 Å². The van der Waals surface area contributed by atoms with Gasteiger partial charge in [0.15, 0.2) is 0 Å². The molecule has 0 amide bonds. The molecule has 3 N–H and O–H groups in total. The molecule has 0 spiro atoms. The Bertz CT molecular complexity index is 862. The van der Waals surface area contributed by atoms with E-state index in [0.29, 0.717) is 16.7 Å². The van der Waals surface area contributed by atoms with Crippen molar-refractivity contribution in [1.82, 2.24) is 15.2 Å². The Balaban J connectivity index is 2.03. The number of anilines is 2. The zero-order valence-corrected chi connectivity index (χ0v) is 11.6. The molecule has 2 heterocycles. The minimum Gasteiger partial charge on any atom is -0.384 e. The lowest BCUT2D eigenvalue weighted by molar-refractivity contribution is 0.601. The van der Waals surface area contributed by atoms with Crippen LogP contribution >= 0.6 is 11.3 Å². The van der Waals surface area contributed by atoms with Gasteiger partial charge in [-0.05, 0) is 30.3 Å². The summed E-state index contributed by atoms with van der Waals surface area (Å²) in [4.78, 5) is 4.25. The quantitative estimate of drug-likeness (QED) is 0.758. The van der Waals surface area contributed by atoms with Crippen LogP contribution in [0.25, 0.3) is 10.9 Å². The molecule has 20 heavy (non-hydrogen) atoms. The van der Waals surface area contributed by atoms with Crippen LogP contribution in [0.5, 0.6) is 0 Å². The van der Waals surface area contributed by atoms with Crippen molar-refractivity contribution in [2.24, 2.45) is 0 Å². The largest absolute Gasteiger partial charge is 0.384 e. The van der Waals surface area contributed by atoms with E-state index in [0.717, 1.165) is 11.3 Å². The third-order valence-corrected chi connectivity index (χ3v) is 4.65. The van der Waals surface area contributed by atoms with E-state index in [9.17, 15) is 8.42 Å². The Labute approximate surface area is 118 Å². The molecule has 102 valence electrons. The number of hydrogen-bond acceptors (Lipinski definition) is 7. The lowest BCUT2D eigenvalue weighted by Gasteiger charge is -2.06. The number of nitrogens with zero attached hydrogens (tertiary/aromatic N) is 3. The number of nitrogens with one attached hydrogen (secondary N) is 1. The minimum atomic E-state index is -3.69. The average Bonchev–Trinajstić information content (AvgIpc) is 2.90. The topological polar surface area (TPSA) is 111 Å². The van der Waals surface area contributed by atoms with Crippen molar-refractivity contribution in [2.45, 2.75) is 4.90 Å². The van der Waals surface area contributed by atoms with E-state index in [4.69, 9.17) is 5.73 Å². The molecule has 3 aromatic rings. The van der Waals surface area contributed by atoms with Crippen LogP contribution in [0.3, 0.4) is 0 Å². The number of benzene rings is 1. The highest BCUT2D eigenvalue weighted by Gasteiger charge is 2.16. The maximum Gasteiger partial charge on any atom is 0.263 e. The zero-order chi connectivity index (χ0) is 14.2. The smallest absolute Gasteiger partial charge is 0.263 e. The van der Waals surface area contributed by atoms with Crippen LogP contribution < -0.4 is 10.5 Å². The fraction of sp³-hybridized carbons (Fsp3) is 0. The van der Waals surface area contributed by atoms with Crippen LogP contribution in [0.1, 0.15) is 0 Å². The molecular formula is C11H9N5O2S2. The van der Waals surface area contributed by atoms with Gasteiger partial charge in [-0.3, -0.25) is 4.72 Å². The van der Waals surface area contributed by atoms with Crippen molar-refractivity contribution in [2.75, 3.05) is 10.5 Å². The van der Waals surface area contributed by atoms with E-state index in [1.54, 1.807) is 18.2 Å². The summed E-state index contributed by atoms with van der Waals surface area (Å²) in [6.07, 6.45) is 0. The van der Waals surface area contributed by atoms with Gasteiger partial charge >= 0.3 is 0 Å². The molecule has 0 radical (unpaired) electrons. The molecule has 0 aliphatic rings. The number of pyridine rings is 1. The number of nitrogen functional groups attached to an aromatic ring is 1. The molecule has 1 aromatic carbocycles. The molecule has 9 heteroatoms. The Morgan fingerprint density at radius 2 is 2.05 bits per heavy atom. The van der Waals surface area contributed by atoms with Crippen molar-refractivity contribution in [3.05, 3.63) is 35.8 Å². The highest BCUT2D eigenvalue weighted by Crippen LogP contribution is 2.21. The summed E-state index contributed by atoms with van der Waals surface area (Å²) in [6, 6.07) is 7.96. The van der Waals surface area contributed by atoms with Gasteiger partial charge in [-0.2, -0.15) is 0 Å². The van der Waals surface area contributed by atoms with Crippen LogP contribution in [0.2, 0.25) is 0 Å². The molecule has 0 atom stereocenters. The number of rotatable bonds is 3. The maximum atomic E-state index is 12.2. The Hall–Kier alpha value is -2.26. The zero-order valence-electron chi connectivity index (χ0n) is 10.0. The first-order valence-corrected chi connectivity index (χ1v) is 7.86. The fourth-order valence-corrected chi connectivity index (χ4v) is 3.41. The normalized spacial score (nSPS) is 11.6. The number of hydrogen-bond donors (Lipinski definition) is 2. The molecule has 0 aliphatic heterocycles. The van der Waals surface area contributed by atoms with E-state index >= 15 is 0 Å². The molecule has 3 rings (SSSR count). The molecule has 0 bridgehead atoms. The molecule has 0 fully saturated rings. The number of nitrogens with two attached hydrogens (primary N) is 1. The van der Waals surface area contributed by atoms with Gasteiger partial charge in [-0.1, -0.05) is 11.3 Å². The van der Waals surface area contributed by atoms with Crippen LogP contribution in [0.15, 0.2) is 40.7 Å². The molecule has 0 unspecified atom stereocenters. The molecule has 7 nitrogen and oxygen atoms in total. The fourth-order valence-electron chi connectivity index (χ4n) is 1.68. The predicted octanol–water partition coefficient (Wildman–Crippen LogP) is 1.47. The summed E-state index contributed by atoms with van der Waals surface area (Å²) < 4.78 is 26.7. The highest BCUT2D eigenvalue weighted by atomic mass is 32.2. The van der Waals surface area contributed by atoms with Gasteiger partial charge in [0.1, 0.15) is 11.3 Å². The average molecular weight is 307 g/mol. The monoisotopic (exact) mass is 307 g/mol. The second-order valence-electron chi connectivity index (χ2n) is 3.94. The van der Waals surface area contributed by atoms with Crippen LogP contribution in [-0.2, 0) is 10.0 Å². The van der Waals surface area contributed by atoms with E-state index in [2.05, 4.69) is 19.9 Å². The lowest BCUT2D eigenvalue weighted by Crippen LogP contribution is -2.12. The summed E-state index contributed by atoms with van der Waals surface area (Å²) in [7, 11) is -3.69. The van der Waals surface area contributed by atoms with Crippen LogP contribution in [0, 0.1) is 0 Å². The van der Waals surface area contributed by atoms with Crippen molar-refractivity contribution in [1.29, 1.82) is 0 Å². The van der Waals surface area contributed by atoms with Gasteiger partial charge in [0.2, 0.25) is 5.13 Å². The van der Waals surface area contributed by atoms with Crippen molar-refractivity contribution < 1.29 is 8.42 Å². The first-order valence-electron chi connectivity index (χ1n) is 5.50. The summed E-state index contributed by atoms with van der Waals surface area (Å²) in [6.45, 7) is 0. The second-order valence-corrected chi connectivity index (χ2v) is 6.46. The summed E-state index contributed by atoms with van der Waals surface area (Å²) >= 11 is 1.11. The highest BCUT2D eigenvalue weighted by molar-refractivity contribution is 7.93. The Kier molecular flexibility index (Phi) is 2.99. The molecule has 2 aromatic heterocycles. The summed E-state index contributed by atoms with van der Waals surface area (Å²) in [5, 5.41) is 8.14. The van der Waals surface area contributed by atoms with Gasteiger partial charge < -0.3 is 5.73 Å².